The summed E-state index contributed by atoms with van der Waals surface area (Å²) in [6, 6.07) is 13.6. The van der Waals surface area contributed by atoms with Crippen LogP contribution >= 0.6 is 0 Å². The maximum atomic E-state index is 12.4. The number of aryl methyl sites for hydroxylation is 1. The molecule has 3 rings (SSSR count). The lowest BCUT2D eigenvalue weighted by Crippen LogP contribution is -2.42. The highest BCUT2D eigenvalue weighted by molar-refractivity contribution is 5.98. The molecule has 0 aromatic heterocycles. The molecule has 1 aliphatic rings. The van der Waals surface area contributed by atoms with Gasteiger partial charge in [-0.3, -0.25) is 15.0 Å². The third kappa shape index (κ3) is 3.23. The third-order valence-electron chi connectivity index (χ3n) is 4.01. The minimum atomic E-state index is -0.689. The Bertz CT molecular complexity index is 758. The van der Waals surface area contributed by atoms with Crippen LogP contribution in [0.2, 0.25) is 0 Å². The molecule has 6 nitrogen and oxygen atoms in total. The Balaban J connectivity index is 1.79. The van der Waals surface area contributed by atoms with E-state index in [1.165, 1.54) is 0 Å². The van der Waals surface area contributed by atoms with Gasteiger partial charge >= 0.3 is 0 Å². The van der Waals surface area contributed by atoms with Crippen LogP contribution in [0.25, 0.3) is 0 Å². The van der Waals surface area contributed by atoms with Crippen molar-refractivity contribution in [3.8, 4) is 5.75 Å². The molecule has 124 valence electrons. The van der Waals surface area contributed by atoms with Crippen molar-refractivity contribution < 1.29 is 14.3 Å². The Kier molecular flexibility index (Phi) is 4.48. The maximum absolute atomic E-state index is 12.4. The fourth-order valence-electron chi connectivity index (χ4n) is 2.71. The van der Waals surface area contributed by atoms with E-state index < -0.39 is 6.04 Å². The van der Waals surface area contributed by atoms with Gasteiger partial charge in [0.05, 0.1) is 13.2 Å². The zero-order chi connectivity index (χ0) is 17.1. The summed E-state index contributed by atoms with van der Waals surface area (Å²) in [5, 5.41) is 2.80. The van der Waals surface area contributed by atoms with Crippen molar-refractivity contribution in [1.29, 1.82) is 0 Å². The molecule has 1 saturated heterocycles. The largest absolute Gasteiger partial charge is 0.497 e. The summed E-state index contributed by atoms with van der Waals surface area (Å²) in [4.78, 5) is 24.5. The average molecular weight is 325 g/mol. The van der Waals surface area contributed by atoms with Crippen molar-refractivity contribution in [2.75, 3.05) is 7.11 Å². The number of nitrogens with one attached hydrogen (secondary N) is 3. The number of rotatable bonds is 4. The number of ether oxygens (including phenoxy) is 1. The van der Waals surface area contributed by atoms with E-state index in [-0.39, 0.29) is 17.9 Å². The van der Waals surface area contributed by atoms with E-state index in [9.17, 15) is 9.59 Å². The Labute approximate surface area is 140 Å². The summed E-state index contributed by atoms with van der Waals surface area (Å²) >= 11 is 0. The molecule has 0 radical (unpaired) electrons. The second-order valence-corrected chi connectivity index (χ2v) is 5.71. The second kappa shape index (κ2) is 6.72. The standard InChI is InChI=1S/C18H19N3O3/c1-11-4-3-5-13(10-11)17(22)19-16-15(20-21-18(16)23)12-6-8-14(24-2)9-7-12/h3-10,15-16,20H,1-2H3,(H,19,22)(H,21,23)/t15-,16+/m1/s1. The smallest absolute Gasteiger partial charge is 0.258 e. The van der Waals surface area contributed by atoms with Crippen LogP contribution in [0.5, 0.6) is 5.75 Å². The van der Waals surface area contributed by atoms with E-state index in [1.54, 1.807) is 19.2 Å². The van der Waals surface area contributed by atoms with Gasteiger partial charge in [-0.15, -0.1) is 0 Å². The van der Waals surface area contributed by atoms with Crippen LogP contribution in [0.3, 0.4) is 0 Å². The van der Waals surface area contributed by atoms with Crippen LogP contribution in [0.4, 0.5) is 0 Å². The minimum Gasteiger partial charge on any atom is -0.497 e. The maximum Gasteiger partial charge on any atom is 0.258 e. The summed E-state index contributed by atoms with van der Waals surface area (Å²) in [7, 11) is 1.60. The fourth-order valence-corrected chi connectivity index (χ4v) is 2.71. The summed E-state index contributed by atoms with van der Waals surface area (Å²) in [5.41, 5.74) is 7.90. The molecule has 2 aromatic rings. The molecule has 24 heavy (non-hydrogen) atoms. The molecule has 0 bridgehead atoms. The Morgan fingerprint density at radius 3 is 2.58 bits per heavy atom. The first-order valence-corrected chi connectivity index (χ1v) is 7.65. The first kappa shape index (κ1) is 16.0. The first-order valence-electron chi connectivity index (χ1n) is 7.65. The van der Waals surface area contributed by atoms with Crippen molar-refractivity contribution in [1.82, 2.24) is 16.2 Å². The SMILES string of the molecule is COc1ccc([C@H]2NNC(=O)[C@H]2NC(=O)c2cccc(C)c2)cc1. The highest BCUT2D eigenvalue weighted by atomic mass is 16.5. The number of methoxy groups -OCH3 is 1. The normalized spacial score (nSPS) is 19.7. The van der Waals surface area contributed by atoms with E-state index in [4.69, 9.17) is 4.74 Å². The lowest BCUT2D eigenvalue weighted by Gasteiger charge is -2.18. The highest BCUT2D eigenvalue weighted by Gasteiger charge is 2.36. The summed E-state index contributed by atoms with van der Waals surface area (Å²) < 4.78 is 5.14. The van der Waals surface area contributed by atoms with Gasteiger partial charge in [-0.2, -0.15) is 0 Å². The Morgan fingerprint density at radius 2 is 1.92 bits per heavy atom. The molecule has 1 heterocycles. The van der Waals surface area contributed by atoms with Crippen LogP contribution in [0, 0.1) is 6.92 Å². The van der Waals surface area contributed by atoms with Gasteiger partial charge in [0.2, 0.25) is 0 Å². The molecule has 6 heteroatoms. The second-order valence-electron chi connectivity index (χ2n) is 5.71. The molecular weight excluding hydrogens is 306 g/mol. The van der Waals surface area contributed by atoms with Gasteiger partial charge < -0.3 is 10.1 Å². The molecular formula is C18H19N3O3. The van der Waals surface area contributed by atoms with E-state index >= 15 is 0 Å². The van der Waals surface area contributed by atoms with Crippen molar-refractivity contribution in [2.45, 2.75) is 19.0 Å². The van der Waals surface area contributed by atoms with Crippen LogP contribution in [-0.2, 0) is 4.79 Å². The number of benzene rings is 2. The van der Waals surface area contributed by atoms with Crippen molar-refractivity contribution in [3.63, 3.8) is 0 Å². The van der Waals surface area contributed by atoms with E-state index in [1.807, 2.05) is 43.3 Å². The van der Waals surface area contributed by atoms with E-state index in [0.717, 1.165) is 16.9 Å². The zero-order valence-corrected chi connectivity index (χ0v) is 13.5. The van der Waals surface area contributed by atoms with Crippen LogP contribution in [0.15, 0.2) is 48.5 Å². The molecule has 0 aliphatic carbocycles. The zero-order valence-electron chi connectivity index (χ0n) is 13.5. The van der Waals surface area contributed by atoms with Gasteiger partial charge in [-0.05, 0) is 36.8 Å². The molecule has 3 N–H and O–H groups in total. The van der Waals surface area contributed by atoms with Crippen molar-refractivity contribution >= 4 is 11.8 Å². The van der Waals surface area contributed by atoms with E-state index in [2.05, 4.69) is 16.2 Å². The lowest BCUT2D eigenvalue weighted by atomic mass is 10.00. The fraction of sp³-hybridized carbons (Fsp3) is 0.222. The van der Waals surface area contributed by atoms with Gasteiger partial charge in [-0.25, -0.2) is 5.43 Å². The molecule has 0 spiro atoms. The highest BCUT2D eigenvalue weighted by Crippen LogP contribution is 2.23. The van der Waals surface area contributed by atoms with Crippen LogP contribution in [0.1, 0.15) is 27.5 Å². The van der Waals surface area contributed by atoms with Crippen LogP contribution in [-0.4, -0.2) is 25.0 Å². The number of carbonyl (C=O) groups excluding carboxylic acids is 2. The molecule has 1 fully saturated rings. The molecule has 0 unspecified atom stereocenters. The Morgan fingerprint density at radius 1 is 1.17 bits per heavy atom. The number of amides is 2. The van der Waals surface area contributed by atoms with Crippen molar-refractivity contribution in [3.05, 3.63) is 65.2 Å². The molecule has 1 aliphatic heterocycles. The predicted molar refractivity (Wildman–Crippen MR) is 89.4 cm³/mol. The summed E-state index contributed by atoms with van der Waals surface area (Å²) in [6.07, 6.45) is 0. The van der Waals surface area contributed by atoms with Gasteiger partial charge in [0.15, 0.2) is 0 Å². The van der Waals surface area contributed by atoms with Crippen molar-refractivity contribution in [2.24, 2.45) is 0 Å². The average Bonchev–Trinajstić information content (AvgIpc) is 2.96. The number of hydrazine groups is 1. The number of carbonyl (C=O) groups is 2. The summed E-state index contributed by atoms with van der Waals surface area (Å²) in [6.45, 7) is 1.92. The molecule has 0 saturated carbocycles. The molecule has 2 aromatic carbocycles. The quantitative estimate of drug-likeness (QED) is 0.795. The van der Waals surface area contributed by atoms with E-state index in [0.29, 0.717) is 5.56 Å². The van der Waals surface area contributed by atoms with Gasteiger partial charge in [0.25, 0.3) is 11.8 Å². The topological polar surface area (TPSA) is 79.5 Å². The first-order chi connectivity index (χ1) is 11.6. The van der Waals surface area contributed by atoms with Gasteiger partial charge in [-0.1, -0.05) is 29.8 Å². The lowest BCUT2D eigenvalue weighted by molar-refractivity contribution is -0.121. The Hall–Kier alpha value is -2.86. The monoisotopic (exact) mass is 325 g/mol. The molecule has 2 amide bonds. The van der Waals surface area contributed by atoms with Crippen LogP contribution < -0.4 is 20.9 Å². The number of hydrogen-bond acceptors (Lipinski definition) is 4. The third-order valence-corrected chi connectivity index (χ3v) is 4.01. The van der Waals surface area contributed by atoms with Gasteiger partial charge in [0.1, 0.15) is 11.8 Å². The minimum absolute atomic E-state index is 0.267. The summed E-state index contributed by atoms with van der Waals surface area (Å²) in [5.74, 6) is 0.189. The predicted octanol–water partition coefficient (Wildman–Crippen LogP) is 1.48. The van der Waals surface area contributed by atoms with Gasteiger partial charge in [0, 0.05) is 5.56 Å². The molecule has 2 atom stereocenters. The number of hydrogen-bond donors (Lipinski definition) is 3.